The van der Waals surface area contributed by atoms with E-state index in [1.807, 2.05) is 24.3 Å². The predicted molar refractivity (Wildman–Crippen MR) is 78.4 cm³/mol. The van der Waals surface area contributed by atoms with E-state index in [-0.39, 0.29) is 6.61 Å². The van der Waals surface area contributed by atoms with E-state index in [2.05, 4.69) is 10.3 Å². The number of hydrogen-bond donors (Lipinski definition) is 3. The Morgan fingerprint density at radius 1 is 1.32 bits per heavy atom. The van der Waals surface area contributed by atoms with Gasteiger partial charge in [-0.3, -0.25) is 0 Å². The molecule has 0 radical (unpaired) electrons. The number of aliphatic hydroxyl groups excluding tert-OH is 1. The zero-order valence-electron chi connectivity index (χ0n) is 10.9. The van der Waals surface area contributed by atoms with Gasteiger partial charge in [0.15, 0.2) is 0 Å². The standard InChI is InChI=1S/C15H19ClN2O/c16-14-11-3-1-2-4-12(11)18-13(14)9-17-10-15(5-6-15)7-8-19/h1-4,17-19H,5-10H2. The van der Waals surface area contributed by atoms with Crippen LogP contribution < -0.4 is 5.32 Å². The van der Waals surface area contributed by atoms with Crippen LogP contribution in [0.1, 0.15) is 25.0 Å². The van der Waals surface area contributed by atoms with Crippen LogP contribution >= 0.6 is 11.6 Å². The molecule has 0 saturated heterocycles. The summed E-state index contributed by atoms with van der Waals surface area (Å²) in [5, 5.41) is 14.4. The Morgan fingerprint density at radius 2 is 2.11 bits per heavy atom. The quantitative estimate of drug-likeness (QED) is 0.760. The number of aromatic nitrogens is 1. The van der Waals surface area contributed by atoms with Crippen LogP contribution in [0.15, 0.2) is 24.3 Å². The smallest absolute Gasteiger partial charge is 0.0705 e. The molecule has 0 spiro atoms. The molecule has 3 N–H and O–H groups in total. The summed E-state index contributed by atoms with van der Waals surface area (Å²) in [5.41, 5.74) is 2.47. The lowest BCUT2D eigenvalue weighted by molar-refractivity contribution is 0.245. The summed E-state index contributed by atoms with van der Waals surface area (Å²) < 4.78 is 0. The second kappa shape index (κ2) is 5.16. The second-order valence-corrected chi connectivity index (χ2v) is 5.92. The Morgan fingerprint density at radius 3 is 2.79 bits per heavy atom. The van der Waals surface area contributed by atoms with Gasteiger partial charge in [-0.2, -0.15) is 0 Å². The molecule has 0 aliphatic heterocycles. The second-order valence-electron chi connectivity index (χ2n) is 5.54. The molecule has 1 aliphatic rings. The number of nitrogens with one attached hydrogen (secondary N) is 2. The third-order valence-electron chi connectivity index (χ3n) is 4.12. The van der Waals surface area contributed by atoms with E-state index >= 15 is 0 Å². The highest BCUT2D eigenvalue weighted by molar-refractivity contribution is 6.36. The van der Waals surface area contributed by atoms with E-state index in [1.165, 1.54) is 12.8 Å². The summed E-state index contributed by atoms with van der Waals surface area (Å²) in [7, 11) is 0. The highest BCUT2D eigenvalue weighted by atomic mass is 35.5. The van der Waals surface area contributed by atoms with E-state index in [9.17, 15) is 0 Å². The Kier molecular flexibility index (Phi) is 3.52. The van der Waals surface area contributed by atoms with Gasteiger partial charge in [0.2, 0.25) is 0 Å². The van der Waals surface area contributed by atoms with Crippen molar-refractivity contribution in [2.45, 2.75) is 25.8 Å². The SMILES string of the molecule is OCCC1(CNCc2[nH]c3ccccc3c2Cl)CC1. The molecular formula is C15H19ClN2O. The van der Waals surface area contributed by atoms with E-state index in [4.69, 9.17) is 16.7 Å². The Hall–Kier alpha value is -1.03. The fraction of sp³-hybridized carbons (Fsp3) is 0.467. The zero-order valence-corrected chi connectivity index (χ0v) is 11.6. The number of halogens is 1. The number of hydrogen-bond acceptors (Lipinski definition) is 2. The first-order chi connectivity index (χ1) is 9.24. The van der Waals surface area contributed by atoms with Gasteiger partial charge in [-0.15, -0.1) is 0 Å². The zero-order chi connectivity index (χ0) is 13.3. The molecule has 1 heterocycles. The third-order valence-corrected chi connectivity index (χ3v) is 4.55. The third kappa shape index (κ3) is 2.64. The minimum absolute atomic E-state index is 0.287. The summed E-state index contributed by atoms with van der Waals surface area (Å²) in [6.07, 6.45) is 3.35. The lowest BCUT2D eigenvalue weighted by Crippen LogP contribution is -2.24. The molecule has 1 aromatic carbocycles. The Labute approximate surface area is 118 Å². The van der Waals surface area contributed by atoms with Crippen LogP contribution in [0.25, 0.3) is 10.9 Å². The molecule has 0 unspecified atom stereocenters. The van der Waals surface area contributed by atoms with Crippen molar-refractivity contribution in [1.82, 2.24) is 10.3 Å². The highest BCUT2D eigenvalue weighted by Gasteiger charge is 2.41. The fourth-order valence-electron chi connectivity index (χ4n) is 2.67. The highest BCUT2D eigenvalue weighted by Crippen LogP contribution is 2.47. The van der Waals surface area contributed by atoms with Crippen molar-refractivity contribution < 1.29 is 5.11 Å². The van der Waals surface area contributed by atoms with Crippen LogP contribution in [0.4, 0.5) is 0 Å². The van der Waals surface area contributed by atoms with Crippen molar-refractivity contribution in [3.05, 3.63) is 35.0 Å². The van der Waals surface area contributed by atoms with Gasteiger partial charge >= 0.3 is 0 Å². The number of H-pyrrole nitrogens is 1. The number of rotatable bonds is 6. The molecule has 102 valence electrons. The van der Waals surface area contributed by atoms with Crippen LogP contribution in [0.2, 0.25) is 5.02 Å². The molecular weight excluding hydrogens is 260 g/mol. The van der Waals surface area contributed by atoms with Crippen molar-refractivity contribution in [1.29, 1.82) is 0 Å². The number of para-hydroxylation sites is 1. The van der Waals surface area contributed by atoms with Gasteiger partial charge in [0.05, 0.1) is 5.02 Å². The monoisotopic (exact) mass is 278 g/mol. The van der Waals surface area contributed by atoms with Gasteiger partial charge in [0.25, 0.3) is 0 Å². The van der Waals surface area contributed by atoms with Crippen molar-refractivity contribution in [3.63, 3.8) is 0 Å². The number of aliphatic hydroxyl groups is 1. The van der Waals surface area contributed by atoms with E-state index < -0.39 is 0 Å². The van der Waals surface area contributed by atoms with Crippen molar-refractivity contribution >= 4 is 22.5 Å². The molecule has 3 rings (SSSR count). The summed E-state index contributed by atoms with van der Waals surface area (Å²) in [4.78, 5) is 3.36. The molecule has 1 aliphatic carbocycles. The fourth-order valence-corrected chi connectivity index (χ4v) is 2.95. The van der Waals surface area contributed by atoms with Gasteiger partial charge in [0.1, 0.15) is 0 Å². The topological polar surface area (TPSA) is 48.0 Å². The first-order valence-electron chi connectivity index (χ1n) is 6.81. The molecule has 2 aromatic rings. The molecule has 1 saturated carbocycles. The maximum atomic E-state index is 9.04. The van der Waals surface area contributed by atoms with Crippen LogP contribution in [-0.2, 0) is 6.54 Å². The van der Waals surface area contributed by atoms with Crippen LogP contribution in [0, 0.1) is 5.41 Å². The van der Waals surface area contributed by atoms with Crippen molar-refractivity contribution in [3.8, 4) is 0 Å². The Balaban J connectivity index is 1.64. The number of fused-ring (bicyclic) bond motifs is 1. The van der Waals surface area contributed by atoms with Gasteiger partial charge in [-0.1, -0.05) is 29.8 Å². The van der Waals surface area contributed by atoms with E-state index in [1.54, 1.807) is 0 Å². The van der Waals surface area contributed by atoms with Crippen molar-refractivity contribution in [2.24, 2.45) is 5.41 Å². The van der Waals surface area contributed by atoms with Gasteiger partial charge in [-0.05, 0) is 30.7 Å². The van der Waals surface area contributed by atoms with Gasteiger partial charge in [-0.25, -0.2) is 0 Å². The molecule has 1 aromatic heterocycles. The Bertz CT molecular complexity index is 575. The van der Waals surface area contributed by atoms with Gasteiger partial charge in [0, 0.05) is 36.3 Å². The number of aromatic amines is 1. The predicted octanol–water partition coefficient (Wildman–Crippen LogP) is 3.07. The van der Waals surface area contributed by atoms with Crippen molar-refractivity contribution in [2.75, 3.05) is 13.2 Å². The first-order valence-corrected chi connectivity index (χ1v) is 7.19. The largest absolute Gasteiger partial charge is 0.396 e. The molecule has 0 atom stereocenters. The summed E-state index contributed by atoms with van der Waals surface area (Å²) >= 11 is 6.37. The minimum atomic E-state index is 0.287. The summed E-state index contributed by atoms with van der Waals surface area (Å²) in [5.74, 6) is 0. The average molecular weight is 279 g/mol. The van der Waals surface area contributed by atoms with E-state index in [0.29, 0.717) is 5.41 Å². The molecule has 0 bridgehead atoms. The first kappa shape index (κ1) is 13.0. The normalized spacial score (nSPS) is 16.9. The lowest BCUT2D eigenvalue weighted by Gasteiger charge is -2.14. The summed E-state index contributed by atoms with van der Waals surface area (Å²) in [6.45, 7) is 1.99. The van der Waals surface area contributed by atoms with E-state index in [0.717, 1.165) is 41.1 Å². The molecule has 19 heavy (non-hydrogen) atoms. The van der Waals surface area contributed by atoms with Crippen LogP contribution in [0.3, 0.4) is 0 Å². The molecule has 1 fully saturated rings. The average Bonchev–Trinajstić information content (AvgIpc) is 3.10. The number of benzene rings is 1. The maximum absolute atomic E-state index is 9.04. The lowest BCUT2D eigenvalue weighted by atomic mass is 10.0. The maximum Gasteiger partial charge on any atom is 0.0705 e. The van der Waals surface area contributed by atoms with Crippen LogP contribution in [-0.4, -0.2) is 23.2 Å². The molecule has 0 amide bonds. The minimum Gasteiger partial charge on any atom is -0.396 e. The van der Waals surface area contributed by atoms with Gasteiger partial charge < -0.3 is 15.4 Å². The molecule has 4 heteroatoms. The molecule has 3 nitrogen and oxygen atoms in total. The summed E-state index contributed by atoms with van der Waals surface area (Å²) in [6, 6.07) is 8.08. The van der Waals surface area contributed by atoms with Crippen LogP contribution in [0.5, 0.6) is 0 Å².